The third-order valence-electron chi connectivity index (χ3n) is 8.26. The molecule has 34 heavy (non-hydrogen) atoms. The molecule has 0 radical (unpaired) electrons. The predicted molar refractivity (Wildman–Crippen MR) is 127 cm³/mol. The van der Waals surface area contributed by atoms with E-state index in [1.54, 1.807) is 13.8 Å². The molecular weight excluding hydrogens is 436 g/mol. The number of rotatable bonds is 7. The molecule has 190 valence electrons. The fraction of sp³-hybridized carbons (Fsp3) is 0.704. The molecule has 3 aliphatic rings. The second-order valence-electron chi connectivity index (χ2n) is 10.6. The molecule has 8 atom stereocenters. The van der Waals surface area contributed by atoms with Crippen molar-refractivity contribution in [1.82, 2.24) is 0 Å². The van der Waals surface area contributed by atoms with Gasteiger partial charge in [-0.1, -0.05) is 52.0 Å². The van der Waals surface area contributed by atoms with Gasteiger partial charge in [0.05, 0.1) is 17.4 Å². The van der Waals surface area contributed by atoms with Gasteiger partial charge in [-0.2, -0.15) is 0 Å². The van der Waals surface area contributed by atoms with Crippen molar-refractivity contribution in [2.45, 2.75) is 85.6 Å². The molecule has 0 amide bonds. The summed E-state index contributed by atoms with van der Waals surface area (Å²) in [5, 5.41) is 11.6. The van der Waals surface area contributed by atoms with Crippen LogP contribution in [0.2, 0.25) is 0 Å². The highest BCUT2D eigenvalue weighted by Crippen LogP contribution is 2.67. The first-order valence-corrected chi connectivity index (χ1v) is 12.2. The Bertz CT molecular complexity index is 874. The molecule has 0 aromatic heterocycles. The summed E-state index contributed by atoms with van der Waals surface area (Å²) in [6, 6.07) is 0. The molecule has 1 saturated heterocycles. The number of carbonyl (C=O) groups is 2. The molecule has 1 saturated carbocycles. The van der Waals surface area contributed by atoms with E-state index >= 15 is 0 Å². The fourth-order valence-corrected chi connectivity index (χ4v) is 6.10. The maximum Gasteiger partial charge on any atom is 0.308 e. The van der Waals surface area contributed by atoms with Gasteiger partial charge in [-0.05, 0) is 49.5 Å². The highest BCUT2D eigenvalue weighted by molar-refractivity contribution is 5.72. The molecule has 0 unspecified atom stereocenters. The molecule has 7 nitrogen and oxygen atoms in total. The zero-order valence-corrected chi connectivity index (χ0v) is 21.5. The minimum Gasteiger partial charge on any atom is -0.458 e. The number of ether oxygens (including phenoxy) is 4. The van der Waals surface area contributed by atoms with E-state index in [-0.39, 0.29) is 29.1 Å². The fourth-order valence-electron chi connectivity index (χ4n) is 6.10. The first-order valence-electron chi connectivity index (χ1n) is 12.2. The minimum atomic E-state index is -1.00. The molecule has 1 aliphatic heterocycles. The lowest BCUT2D eigenvalue weighted by atomic mass is 9.45. The summed E-state index contributed by atoms with van der Waals surface area (Å²) in [6.45, 7) is 15.2. The van der Waals surface area contributed by atoms with E-state index in [9.17, 15) is 14.7 Å². The van der Waals surface area contributed by atoms with Crippen molar-refractivity contribution in [1.29, 1.82) is 0 Å². The number of hydrogen-bond acceptors (Lipinski definition) is 7. The molecule has 1 spiro atoms. The van der Waals surface area contributed by atoms with Crippen LogP contribution in [0, 0.1) is 28.6 Å². The van der Waals surface area contributed by atoms with Gasteiger partial charge in [0.15, 0.2) is 6.29 Å². The molecule has 1 N–H and O–H groups in total. The van der Waals surface area contributed by atoms with Gasteiger partial charge < -0.3 is 24.1 Å². The summed E-state index contributed by atoms with van der Waals surface area (Å²) in [6.07, 6.45) is 4.42. The van der Waals surface area contributed by atoms with Crippen molar-refractivity contribution in [3.05, 3.63) is 36.0 Å². The molecule has 0 bridgehead atoms. The normalized spacial score (nSPS) is 39.7. The van der Waals surface area contributed by atoms with Crippen molar-refractivity contribution >= 4 is 11.9 Å². The standard InChI is InChI=1S/C27H40O7/c1-9-16(4)10-11-26(7)17(5)12-22(29)27-20(24(31-8)34-25(27)32-18(6)28)13-19(14-21(26)27)33-23(30)15(2)3/h9-10,13,15,17,19,21-22,24-25,29H,1,11-12,14H2,2-8H3/b16-10+/t17-,19+,21+,22+,24+,25-,26-,27-/m1/s1. The average molecular weight is 477 g/mol. The van der Waals surface area contributed by atoms with Crippen molar-refractivity contribution < 1.29 is 33.6 Å². The Morgan fingerprint density at radius 1 is 1.29 bits per heavy atom. The maximum absolute atomic E-state index is 12.5. The molecule has 0 aromatic carbocycles. The smallest absolute Gasteiger partial charge is 0.308 e. The van der Waals surface area contributed by atoms with E-state index in [2.05, 4.69) is 26.5 Å². The SMILES string of the molecule is C=C/C(C)=C/C[C@]1(C)[C@H](C)C[C@H](O)[C@@]23C(=C[C@H](OC(=O)C(C)C)C[C@@H]12)[C@@H](OC)O[C@H]3OC(C)=O. The molecule has 2 fully saturated rings. The highest BCUT2D eigenvalue weighted by Gasteiger charge is 2.70. The van der Waals surface area contributed by atoms with Gasteiger partial charge in [-0.25, -0.2) is 0 Å². The summed E-state index contributed by atoms with van der Waals surface area (Å²) >= 11 is 0. The number of aliphatic hydroxyl groups is 1. The zero-order valence-electron chi connectivity index (χ0n) is 21.5. The van der Waals surface area contributed by atoms with Crippen LogP contribution in [0.25, 0.3) is 0 Å². The molecular formula is C27H40O7. The molecule has 2 aliphatic carbocycles. The second-order valence-corrected chi connectivity index (χ2v) is 10.6. The summed E-state index contributed by atoms with van der Waals surface area (Å²) < 4.78 is 23.3. The summed E-state index contributed by atoms with van der Waals surface area (Å²) in [4.78, 5) is 24.6. The van der Waals surface area contributed by atoms with Crippen molar-refractivity contribution in [2.24, 2.45) is 28.6 Å². The van der Waals surface area contributed by atoms with E-state index in [1.807, 2.05) is 19.1 Å². The van der Waals surface area contributed by atoms with E-state index in [4.69, 9.17) is 18.9 Å². The Kier molecular flexibility index (Phi) is 7.80. The van der Waals surface area contributed by atoms with Crippen molar-refractivity contribution in [3.8, 4) is 0 Å². The Balaban J connectivity index is 2.19. The number of esters is 2. The summed E-state index contributed by atoms with van der Waals surface area (Å²) in [5.41, 5.74) is 0.450. The van der Waals surface area contributed by atoms with Crippen molar-refractivity contribution in [3.63, 3.8) is 0 Å². The topological polar surface area (TPSA) is 91.3 Å². The monoisotopic (exact) mass is 476 g/mol. The van der Waals surface area contributed by atoms with E-state index in [1.165, 1.54) is 14.0 Å². The van der Waals surface area contributed by atoms with E-state index in [0.717, 1.165) is 12.0 Å². The van der Waals surface area contributed by atoms with Crippen LogP contribution in [0.3, 0.4) is 0 Å². The van der Waals surface area contributed by atoms with Crippen LogP contribution in [0.1, 0.15) is 60.8 Å². The maximum atomic E-state index is 12.5. The van der Waals surface area contributed by atoms with Crippen molar-refractivity contribution in [2.75, 3.05) is 7.11 Å². The van der Waals surface area contributed by atoms with Crippen LogP contribution < -0.4 is 0 Å². The van der Waals surface area contributed by atoms with E-state index < -0.39 is 36.2 Å². The van der Waals surface area contributed by atoms with Crippen LogP contribution >= 0.6 is 0 Å². The Morgan fingerprint density at radius 3 is 2.53 bits per heavy atom. The molecule has 3 rings (SSSR count). The average Bonchev–Trinajstić information content (AvgIpc) is 3.08. The predicted octanol–water partition coefficient (Wildman–Crippen LogP) is 4.31. The van der Waals surface area contributed by atoms with Gasteiger partial charge in [-0.15, -0.1) is 0 Å². The quantitative estimate of drug-likeness (QED) is 0.333. The number of allylic oxidation sites excluding steroid dienone is 3. The molecule has 7 heteroatoms. The highest BCUT2D eigenvalue weighted by atomic mass is 16.8. The van der Waals surface area contributed by atoms with Gasteiger partial charge in [0.25, 0.3) is 0 Å². The lowest BCUT2D eigenvalue weighted by Crippen LogP contribution is -2.63. The van der Waals surface area contributed by atoms with Crippen LogP contribution in [0.4, 0.5) is 0 Å². The summed E-state index contributed by atoms with van der Waals surface area (Å²) in [5.74, 6) is -1.10. The first-order chi connectivity index (χ1) is 15.9. The lowest BCUT2D eigenvalue weighted by molar-refractivity contribution is -0.254. The number of carbonyl (C=O) groups excluding carboxylic acids is 2. The zero-order chi connectivity index (χ0) is 25.4. The van der Waals surface area contributed by atoms with Crippen LogP contribution in [0.15, 0.2) is 36.0 Å². The Hall–Kier alpha value is -1.96. The first kappa shape index (κ1) is 26.6. The Labute approximate surface area is 203 Å². The number of hydrogen-bond donors (Lipinski definition) is 1. The van der Waals surface area contributed by atoms with Gasteiger partial charge in [0, 0.05) is 19.6 Å². The number of aliphatic hydroxyl groups excluding tert-OH is 1. The molecule has 0 aromatic rings. The van der Waals surface area contributed by atoms with Crippen LogP contribution in [-0.2, 0) is 28.5 Å². The lowest BCUT2D eigenvalue weighted by Gasteiger charge is -2.60. The third kappa shape index (κ3) is 4.38. The van der Waals surface area contributed by atoms with Gasteiger partial charge in [0.2, 0.25) is 6.29 Å². The van der Waals surface area contributed by atoms with E-state index in [0.29, 0.717) is 18.4 Å². The third-order valence-corrected chi connectivity index (χ3v) is 8.26. The van der Waals surface area contributed by atoms with Gasteiger partial charge >= 0.3 is 11.9 Å². The Morgan fingerprint density at radius 2 is 1.97 bits per heavy atom. The molecule has 1 heterocycles. The van der Waals surface area contributed by atoms with Crippen LogP contribution in [-0.4, -0.2) is 48.9 Å². The minimum absolute atomic E-state index is 0.146. The largest absolute Gasteiger partial charge is 0.458 e. The van der Waals surface area contributed by atoms with Crippen LogP contribution in [0.5, 0.6) is 0 Å². The van der Waals surface area contributed by atoms with Gasteiger partial charge in [0.1, 0.15) is 6.10 Å². The van der Waals surface area contributed by atoms with Gasteiger partial charge in [-0.3, -0.25) is 9.59 Å². The summed E-state index contributed by atoms with van der Waals surface area (Å²) in [7, 11) is 1.52. The number of methoxy groups -OCH3 is 1. The second kappa shape index (κ2) is 9.96.